The number of hydrogen-bond donors (Lipinski definition) is 1. The van der Waals surface area contributed by atoms with Gasteiger partial charge in [0, 0.05) is 13.0 Å². The van der Waals surface area contributed by atoms with Crippen molar-refractivity contribution in [3.05, 3.63) is 64.7 Å². The molecule has 0 aliphatic carbocycles. The number of nitrogens with zero attached hydrogens (tertiary/aromatic N) is 3. The van der Waals surface area contributed by atoms with Crippen molar-refractivity contribution in [1.82, 2.24) is 9.88 Å². The number of fused-ring (bicyclic) bond motifs is 1. The van der Waals surface area contributed by atoms with Crippen LogP contribution < -0.4 is 0 Å². The first-order valence-electron chi connectivity index (χ1n) is 7.90. The molecule has 0 unspecified atom stereocenters. The summed E-state index contributed by atoms with van der Waals surface area (Å²) in [6, 6.07) is 9.34. The second kappa shape index (κ2) is 7.57. The summed E-state index contributed by atoms with van der Waals surface area (Å²) >= 11 is 0. The van der Waals surface area contributed by atoms with Crippen molar-refractivity contribution in [3.63, 3.8) is 0 Å². The van der Waals surface area contributed by atoms with Gasteiger partial charge in [-0.25, -0.2) is 9.37 Å². The van der Waals surface area contributed by atoms with Crippen LogP contribution in [0.15, 0.2) is 41.6 Å². The summed E-state index contributed by atoms with van der Waals surface area (Å²) in [4.78, 5) is 29.6. The lowest BCUT2D eigenvalue weighted by Gasteiger charge is -2.12. The fourth-order valence-corrected chi connectivity index (χ4v) is 2.59. The first kappa shape index (κ1) is 17.3. The van der Waals surface area contributed by atoms with Gasteiger partial charge in [-0.1, -0.05) is 23.2 Å². The van der Waals surface area contributed by atoms with Gasteiger partial charge in [-0.2, -0.15) is 0 Å². The van der Waals surface area contributed by atoms with E-state index in [1.165, 1.54) is 17.0 Å². The van der Waals surface area contributed by atoms with Crippen molar-refractivity contribution in [3.8, 4) is 11.8 Å². The summed E-state index contributed by atoms with van der Waals surface area (Å²) < 4.78 is 13.4. The third-order valence-electron chi connectivity index (χ3n) is 3.83. The highest BCUT2D eigenvalue weighted by Crippen LogP contribution is 2.22. The maximum absolute atomic E-state index is 13.4. The predicted octanol–water partition coefficient (Wildman–Crippen LogP) is 2.46. The van der Waals surface area contributed by atoms with Crippen LogP contribution in [0.5, 0.6) is 0 Å². The Morgan fingerprint density at radius 1 is 1.15 bits per heavy atom. The summed E-state index contributed by atoms with van der Waals surface area (Å²) in [7, 11) is 0. The smallest absolute Gasteiger partial charge is 0.261 e. The second-order valence-corrected chi connectivity index (χ2v) is 5.52. The molecule has 0 saturated heterocycles. The molecule has 26 heavy (non-hydrogen) atoms. The van der Waals surface area contributed by atoms with Crippen LogP contribution >= 0.6 is 0 Å². The van der Waals surface area contributed by atoms with Crippen LogP contribution in [0.1, 0.15) is 44.9 Å². The number of pyridine rings is 1. The van der Waals surface area contributed by atoms with Gasteiger partial charge >= 0.3 is 0 Å². The van der Waals surface area contributed by atoms with E-state index >= 15 is 0 Å². The highest BCUT2D eigenvalue weighted by Gasteiger charge is 2.34. The van der Waals surface area contributed by atoms with E-state index in [0.717, 1.165) is 6.21 Å². The largest absolute Gasteiger partial charge is 0.411 e. The number of carbonyl (C=O) groups excluding carboxylic acids is 2. The van der Waals surface area contributed by atoms with E-state index in [4.69, 9.17) is 5.21 Å². The first-order chi connectivity index (χ1) is 12.6. The molecule has 1 N–H and O–H groups in total. The molecule has 0 radical (unpaired) electrons. The van der Waals surface area contributed by atoms with Crippen LogP contribution in [0.2, 0.25) is 0 Å². The number of carbonyl (C=O) groups is 2. The number of benzene rings is 1. The maximum atomic E-state index is 13.4. The van der Waals surface area contributed by atoms with E-state index in [9.17, 15) is 14.0 Å². The van der Waals surface area contributed by atoms with Gasteiger partial charge in [0.1, 0.15) is 11.4 Å². The quantitative estimate of drug-likeness (QED) is 0.229. The highest BCUT2D eigenvalue weighted by atomic mass is 19.1. The van der Waals surface area contributed by atoms with E-state index in [-0.39, 0.29) is 24.1 Å². The number of unbranched alkanes of at least 4 members (excludes halogenated alkanes) is 1. The van der Waals surface area contributed by atoms with Gasteiger partial charge < -0.3 is 5.21 Å². The fraction of sp³-hybridized carbons (Fsp3) is 0.158. The fourth-order valence-electron chi connectivity index (χ4n) is 2.59. The van der Waals surface area contributed by atoms with Crippen LogP contribution in [-0.4, -0.2) is 39.7 Å². The molecule has 2 heterocycles. The molecule has 0 saturated carbocycles. The van der Waals surface area contributed by atoms with Gasteiger partial charge in [-0.05, 0) is 36.6 Å². The zero-order valence-electron chi connectivity index (χ0n) is 13.6. The standard InChI is InChI=1S/C19H14FN3O3/c20-16-10-9-13(22-17(16)12-21-26)6-2-1-5-11-23-18(24)14-7-3-4-8-15(14)19(23)25/h3-4,7-10,12,26H,1,5,11H2/b21-12-. The van der Waals surface area contributed by atoms with Crippen molar-refractivity contribution in [1.29, 1.82) is 0 Å². The zero-order valence-corrected chi connectivity index (χ0v) is 13.6. The Labute approximate surface area is 149 Å². The molecule has 1 aromatic carbocycles. The number of imide groups is 1. The summed E-state index contributed by atoms with van der Waals surface area (Å²) in [6.45, 7) is 0.278. The molecule has 6 nitrogen and oxygen atoms in total. The summed E-state index contributed by atoms with van der Waals surface area (Å²) in [5.41, 5.74) is 1.08. The predicted molar refractivity (Wildman–Crippen MR) is 91.5 cm³/mol. The second-order valence-electron chi connectivity index (χ2n) is 5.52. The molecule has 0 spiro atoms. The van der Waals surface area contributed by atoms with Crippen molar-refractivity contribution in [2.75, 3.05) is 6.54 Å². The number of rotatable bonds is 4. The lowest BCUT2D eigenvalue weighted by Crippen LogP contribution is -2.30. The summed E-state index contributed by atoms with van der Waals surface area (Å²) in [5, 5.41) is 11.2. The number of amides is 2. The van der Waals surface area contributed by atoms with Crippen molar-refractivity contribution >= 4 is 18.0 Å². The minimum Gasteiger partial charge on any atom is -0.411 e. The molecule has 1 aromatic heterocycles. The van der Waals surface area contributed by atoms with Gasteiger partial charge in [0.25, 0.3) is 11.8 Å². The van der Waals surface area contributed by atoms with Crippen LogP contribution in [0.3, 0.4) is 0 Å². The van der Waals surface area contributed by atoms with Crippen LogP contribution in [-0.2, 0) is 0 Å². The van der Waals surface area contributed by atoms with Crippen molar-refractivity contribution in [2.24, 2.45) is 5.16 Å². The minimum absolute atomic E-state index is 0.106. The molecule has 2 amide bonds. The number of hydrogen-bond acceptors (Lipinski definition) is 5. The number of aromatic nitrogens is 1. The molecule has 7 heteroatoms. The Bertz CT molecular complexity index is 925. The number of halogens is 1. The van der Waals surface area contributed by atoms with Gasteiger partial charge in [0.2, 0.25) is 0 Å². The van der Waals surface area contributed by atoms with E-state index < -0.39 is 5.82 Å². The molecule has 0 bridgehead atoms. The molecular weight excluding hydrogens is 337 g/mol. The van der Waals surface area contributed by atoms with Gasteiger partial charge in [-0.15, -0.1) is 0 Å². The highest BCUT2D eigenvalue weighted by molar-refractivity contribution is 6.21. The van der Waals surface area contributed by atoms with E-state index in [1.54, 1.807) is 24.3 Å². The van der Waals surface area contributed by atoms with Crippen LogP contribution in [0, 0.1) is 17.7 Å². The topological polar surface area (TPSA) is 82.9 Å². The Morgan fingerprint density at radius 3 is 2.50 bits per heavy atom. The number of oxime groups is 1. The maximum Gasteiger partial charge on any atom is 0.261 e. The lowest BCUT2D eigenvalue weighted by molar-refractivity contribution is 0.0653. The molecule has 0 atom stereocenters. The zero-order chi connectivity index (χ0) is 18.5. The van der Waals surface area contributed by atoms with E-state index in [0.29, 0.717) is 29.7 Å². The average Bonchev–Trinajstić information content (AvgIpc) is 2.89. The SMILES string of the molecule is O=C1c2ccccc2C(=O)N1CCCC#Cc1ccc(F)c(/C=N\O)n1. The minimum atomic E-state index is -0.612. The van der Waals surface area contributed by atoms with Crippen molar-refractivity contribution < 1.29 is 19.2 Å². The summed E-state index contributed by atoms with van der Waals surface area (Å²) in [6.07, 6.45) is 1.85. The third-order valence-corrected chi connectivity index (χ3v) is 3.83. The Balaban J connectivity index is 1.58. The average molecular weight is 351 g/mol. The molecule has 3 rings (SSSR count). The lowest BCUT2D eigenvalue weighted by atomic mass is 10.1. The van der Waals surface area contributed by atoms with E-state index in [2.05, 4.69) is 22.0 Å². The van der Waals surface area contributed by atoms with Crippen molar-refractivity contribution in [2.45, 2.75) is 12.8 Å². The van der Waals surface area contributed by atoms with Gasteiger partial charge in [-0.3, -0.25) is 14.5 Å². The molecule has 130 valence electrons. The molecule has 1 aliphatic heterocycles. The van der Waals surface area contributed by atoms with Gasteiger partial charge in [0.15, 0.2) is 5.82 Å². The molecule has 2 aromatic rings. The molecular formula is C19H14FN3O3. The molecule has 0 fully saturated rings. The normalized spacial score (nSPS) is 13.0. The third kappa shape index (κ3) is 3.44. The molecule has 1 aliphatic rings. The van der Waals surface area contributed by atoms with E-state index in [1.807, 2.05) is 0 Å². The Morgan fingerprint density at radius 2 is 1.85 bits per heavy atom. The Kier molecular flexibility index (Phi) is 5.04. The Hall–Kier alpha value is -3.53. The summed E-state index contributed by atoms with van der Waals surface area (Å²) in [5.74, 6) is 4.47. The monoisotopic (exact) mass is 351 g/mol. The first-order valence-corrected chi connectivity index (χ1v) is 7.90. The van der Waals surface area contributed by atoms with Crippen LogP contribution in [0.4, 0.5) is 4.39 Å². The van der Waals surface area contributed by atoms with Gasteiger partial charge in [0.05, 0.1) is 17.3 Å². The van der Waals surface area contributed by atoms with Crippen LogP contribution in [0.25, 0.3) is 0 Å².